The Labute approximate surface area is 210 Å². The number of anilines is 1. The number of nitrogens with zero attached hydrogens (tertiary/aromatic N) is 6. The van der Waals surface area contributed by atoms with Crippen molar-refractivity contribution in [1.82, 2.24) is 18.7 Å². The summed E-state index contributed by atoms with van der Waals surface area (Å²) in [7, 11) is 2.85. The molecule has 0 fully saturated rings. The van der Waals surface area contributed by atoms with E-state index in [1.54, 1.807) is 12.1 Å². The lowest BCUT2D eigenvalue weighted by molar-refractivity contribution is -0.384. The van der Waals surface area contributed by atoms with Crippen LogP contribution in [0.2, 0.25) is 0 Å². The molecule has 0 aliphatic carbocycles. The van der Waals surface area contributed by atoms with Gasteiger partial charge in [-0.2, -0.15) is 10.1 Å². The van der Waals surface area contributed by atoms with Crippen molar-refractivity contribution in [3.05, 3.63) is 90.6 Å². The van der Waals surface area contributed by atoms with Crippen LogP contribution in [-0.2, 0) is 20.6 Å². The van der Waals surface area contributed by atoms with Crippen LogP contribution in [0.15, 0.2) is 63.2 Å². The number of hydrogen-bond donors (Lipinski definition) is 2. The van der Waals surface area contributed by atoms with Gasteiger partial charge >= 0.3 is 5.69 Å². The number of imidazole rings is 1. The Morgan fingerprint density at radius 2 is 1.81 bits per heavy atom. The first kappa shape index (κ1) is 25.3. The second-order valence-corrected chi connectivity index (χ2v) is 8.42. The number of nitrogens with one attached hydrogen (secondary N) is 1. The predicted molar refractivity (Wildman–Crippen MR) is 137 cm³/mol. The Bertz CT molecular complexity index is 1580. The van der Waals surface area contributed by atoms with Crippen LogP contribution >= 0.6 is 0 Å². The molecule has 0 spiro atoms. The number of non-ortho nitro benzene ring substituents is 1. The van der Waals surface area contributed by atoms with Crippen molar-refractivity contribution in [1.29, 1.82) is 0 Å². The van der Waals surface area contributed by atoms with E-state index in [0.29, 0.717) is 11.3 Å². The molecule has 13 heteroatoms. The topological polar surface area (TPSA) is 159 Å². The fourth-order valence-corrected chi connectivity index (χ4v) is 3.65. The highest BCUT2D eigenvalue weighted by Crippen LogP contribution is 2.18. The number of ether oxygens (including phenoxy) is 1. The van der Waals surface area contributed by atoms with Gasteiger partial charge in [-0.25, -0.2) is 10.2 Å². The molecule has 0 saturated carbocycles. The van der Waals surface area contributed by atoms with E-state index >= 15 is 0 Å². The first-order valence-corrected chi connectivity index (χ1v) is 11.2. The standard InChI is InChI=1S/C24H25N7O6/c1-15-4-10-19(11-5-15)37-14-18(32)13-30-20-21(28(2)24(34)29(3)22(20)33)26-23(30)27-25-12-16-6-8-17(9-7-16)31(35)36/h4-12,18,32H,13-14H2,1-3H3,(H,26,27). The lowest BCUT2D eigenvalue weighted by Gasteiger charge is -2.15. The summed E-state index contributed by atoms with van der Waals surface area (Å²) in [6, 6.07) is 13.1. The lowest BCUT2D eigenvalue weighted by atomic mass is 10.2. The summed E-state index contributed by atoms with van der Waals surface area (Å²) in [4.78, 5) is 40.1. The number of aryl methyl sites for hydroxylation is 2. The SMILES string of the molecule is Cc1ccc(OCC(O)Cn2c(NN=Cc3ccc([N+](=O)[O-])cc3)nc3c2c(=O)n(C)c(=O)n3C)cc1. The average Bonchev–Trinajstić information content (AvgIpc) is 3.24. The van der Waals surface area contributed by atoms with E-state index in [4.69, 9.17) is 4.74 Å². The molecule has 0 radical (unpaired) electrons. The number of benzene rings is 2. The zero-order valence-corrected chi connectivity index (χ0v) is 20.4. The normalized spacial score (nSPS) is 12.2. The second kappa shape index (κ2) is 10.5. The van der Waals surface area contributed by atoms with Crippen molar-refractivity contribution in [3.63, 3.8) is 0 Å². The number of aromatic nitrogens is 4. The minimum Gasteiger partial charge on any atom is -0.491 e. The van der Waals surface area contributed by atoms with E-state index in [-0.39, 0.29) is 36.0 Å². The highest BCUT2D eigenvalue weighted by molar-refractivity contribution is 5.81. The number of hydrazone groups is 1. The summed E-state index contributed by atoms with van der Waals surface area (Å²) in [5, 5.41) is 25.7. The third-order valence-electron chi connectivity index (χ3n) is 5.69. The molecule has 2 heterocycles. The van der Waals surface area contributed by atoms with E-state index < -0.39 is 22.3 Å². The van der Waals surface area contributed by atoms with Gasteiger partial charge in [-0.15, -0.1) is 0 Å². The first-order chi connectivity index (χ1) is 17.7. The van der Waals surface area contributed by atoms with Crippen LogP contribution < -0.4 is 21.4 Å². The Balaban J connectivity index is 1.63. The Kier molecular flexibility index (Phi) is 7.15. The van der Waals surface area contributed by atoms with Crippen molar-refractivity contribution < 1.29 is 14.8 Å². The minimum absolute atomic E-state index is 0.0505. The number of nitro groups is 1. The van der Waals surface area contributed by atoms with Gasteiger partial charge in [0.25, 0.3) is 11.2 Å². The molecule has 0 bridgehead atoms. The maximum atomic E-state index is 13.0. The van der Waals surface area contributed by atoms with Gasteiger partial charge in [0.1, 0.15) is 18.5 Å². The highest BCUT2D eigenvalue weighted by Gasteiger charge is 2.21. The van der Waals surface area contributed by atoms with Gasteiger partial charge in [-0.1, -0.05) is 17.7 Å². The molecule has 2 aromatic heterocycles. The molecule has 192 valence electrons. The van der Waals surface area contributed by atoms with Crippen LogP contribution in [0.1, 0.15) is 11.1 Å². The van der Waals surface area contributed by atoms with Crippen molar-refractivity contribution in [2.24, 2.45) is 19.2 Å². The summed E-state index contributed by atoms with van der Waals surface area (Å²) in [5.41, 5.74) is 3.43. The van der Waals surface area contributed by atoms with Crippen LogP contribution in [0.4, 0.5) is 11.6 Å². The lowest BCUT2D eigenvalue weighted by Crippen LogP contribution is -2.38. The molecule has 37 heavy (non-hydrogen) atoms. The van der Waals surface area contributed by atoms with Gasteiger partial charge in [0.15, 0.2) is 11.2 Å². The molecule has 2 N–H and O–H groups in total. The molecule has 0 aliphatic heterocycles. The Morgan fingerprint density at radius 3 is 2.46 bits per heavy atom. The van der Waals surface area contributed by atoms with Gasteiger partial charge in [-0.05, 0) is 36.8 Å². The molecule has 1 unspecified atom stereocenters. The van der Waals surface area contributed by atoms with Crippen LogP contribution in [0, 0.1) is 17.0 Å². The molecule has 13 nitrogen and oxygen atoms in total. The van der Waals surface area contributed by atoms with E-state index in [1.807, 2.05) is 19.1 Å². The third-order valence-corrected chi connectivity index (χ3v) is 5.69. The fraction of sp³-hybridized carbons (Fsp3) is 0.250. The van der Waals surface area contributed by atoms with Gasteiger partial charge < -0.3 is 14.4 Å². The van der Waals surface area contributed by atoms with Crippen LogP contribution in [-0.4, -0.2) is 47.6 Å². The fourth-order valence-electron chi connectivity index (χ4n) is 3.65. The maximum Gasteiger partial charge on any atom is 0.332 e. The van der Waals surface area contributed by atoms with E-state index in [2.05, 4.69) is 15.5 Å². The summed E-state index contributed by atoms with van der Waals surface area (Å²) in [5.74, 6) is 0.699. The van der Waals surface area contributed by atoms with Gasteiger partial charge in [-0.3, -0.25) is 24.0 Å². The van der Waals surface area contributed by atoms with Crippen LogP contribution in [0.5, 0.6) is 5.75 Å². The summed E-state index contributed by atoms with van der Waals surface area (Å²) >= 11 is 0. The van der Waals surface area contributed by atoms with Gasteiger partial charge in [0.2, 0.25) is 5.95 Å². The molecule has 0 amide bonds. The number of hydrogen-bond acceptors (Lipinski definition) is 9. The molecular formula is C24H25N7O6. The summed E-state index contributed by atoms with van der Waals surface area (Å²) in [6.45, 7) is 1.82. The minimum atomic E-state index is -1.03. The van der Waals surface area contributed by atoms with Crippen LogP contribution in [0.3, 0.4) is 0 Å². The van der Waals surface area contributed by atoms with Crippen molar-refractivity contribution >= 4 is 29.0 Å². The first-order valence-electron chi connectivity index (χ1n) is 11.2. The molecule has 0 saturated heterocycles. The van der Waals surface area contributed by atoms with E-state index in [9.17, 15) is 24.8 Å². The largest absolute Gasteiger partial charge is 0.491 e. The Hall–Kier alpha value is -4.78. The van der Waals surface area contributed by atoms with Crippen molar-refractivity contribution in [3.8, 4) is 5.75 Å². The number of aliphatic hydroxyl groups is 1. The molecule has 2 aromatic carbocycles. The van der Waals surface area contributed by atoms with Gasteiger partial charge in [0.05, 0.1) is 17.7 Å². The smallest absolute Gasteiger partial charge is 0.332 e. The number of fused-ring (bicyclic) bond motifs is 1. The average molecular weight is 508 g/mol. The zero-order valence-electron chi connectivity index (χ0n) is 20.4. The van der Waals surface area contributed by atoms with E-state index in [1.165, 1.54) is 53.7 Å². The van der Waals surface area contributed by atoms with Crippen molar-refractivity contribution in [2.75, 3.05) is 12.0 Å². The summed E-state index contributed by atoms with van der Waals surface area (Å²) in [6.07, 6.45) is 0.390. The molecule has 4 rings (SSSR count). The van der Waals surface area contributed by atoms with Gasteiger partial charge in [0, 0.05) is 26.2 Å². The molecular weight excluding hydrogens is 482 g/mol. The molecule has 0 aliphatic rings. The number of rotatable bonds is 9. The Morgan fingerprint density at radius 1 is 1.14 bits per heavy atom. The predicted octanol–water partition coefficient (Wildman–Crippen LogP) is 1.54. The second-order valence-electron chi connectivity index (χ2n) is 8.42. The molecule has 1 atom stereocenters. The van der Waals surface area contributed by atoms with Crippen molar-refractivity contribution in [2.45, 2.75) is 19.6 Å². The number of aliphatic hydroxyl groups excluding tert-OH is 1. The monoisotopic (exact) mass is 507 g/mol. The zero-order chi connectivity index (χ0) is 26.7. The highest BCUT2D eigenvalue weighted by atomic mass is 16.6. The van der Waals surface area contributed by atoms with Crippen LogP contribution in [0.25, 0.3) is 11.2 Å². The number of nitro benzene ring substituents is 1. The third kappa shape index (κ3) is 5.41. The quantitative estimate of drug-likeness (QED) is 0.196. The molecule has 4 aromatic rings. The maximum absolute atomic E-state index is 13.0. The summed E-state index contributed by atoms with van der Waals surface area (Å²) < 4.78 is 9.29. The van der Waals surface area contributed by atoms with E-state index in [0.717, 1.165) is 10.1 Å².